The Balaban J connectivity index is 2.71. The van der Waals surface area contributed by atoms with E-state index in [0.29, 0.717) is 11.1 Å². The summed E-state index contributed by atoms with van der Waals surface area (Å²) in [6.45, 7) is 0. The van der Waals surface area contributed by atoms with Gasteiger partial charge in [0.25, 0.3) is 0 Å². The van der Waals surface area contributed by atoms with Crippen molar-refractivity contribution in [2.75, 3.05) is 5.73 Å². The summed E-state index contributed by atoms with van der Waals surface area (Å²) in [4.78, 5) is 13.9. The number of phenolic OH excluding ortho intramolecular Hbond substituents is 1. The number of nitrogen functional groups attached to an aromatic ring is 1. The third-order valence-corrected chi connectivity index (χ3v) is 2.70. The van der Waals surface area contributed by atoms with Gasteiger partial charge in [-0.15, -0.1) is 0 Å². The van der Waals surface area contributed by atoms with Crippen LogP contribution in [-0.2, 0) is 0 Å². The number of nitrogens with two attached hydrogens (primary N) is 1. The molecule has 7 nitrogen and oxygen atoms in total. The number of aromatic carboxylic acids is 1. The van der Waals surface area contributed by atoms with Crippen molar-refractivity contribution < 1.29 is 15.0 Å². The van der Waals surface area contributed by atoms with E-state index in [4.69, 9.17) is 11.3 Å². The van der Waals surface area contributed by atoms with Crippen LogP contribution in [-0.4, -0.2) is 16.2 Å². The van der Waals surface area contributed by atoms with Crippen LogP contribution in [0.3, 0.4) is 0 Å². The van der Waals surface area contributed by atoms with Crippen LogP contribution in [0, 0.1) is 0 Å². The second-order valence-electron chi connectivity index (χ2n) is 4.00. The largest absolute Gasteiger partial charge is 0.508 e. The highest BCUT2D eigenvalue weighted by atomic mass is 16.4. The van der Waals surface area contributed by atoms with Crippen molar-refractivity contribution in [3.63, 3.8) is 0 Å². The molecule has 0 fully saturated rings. The highest BCUT2D eigenvalue weighted by molar-refractivity contribution is 6.01. The first kappa shape index (κ1) is 13.3. The van der Waals surface area contributed by atoms with Gasteiger partial charge in [0.05, 0.1) is 5.56 Å². The second-order valence-corrected chi connectivity index (χ2v) is 4.00. The number of nitrogens with zero attached hydrogens (tertiary/aromatic N) is 3. The van der Waals surface area contributed by atoms with Crippen LogP contribution in [0.15, 0.2) is 41.5 Å². The molecule has 0 aliphatic heterocycles. The molecule has 100 valence electrons. The minimum atomic E-state index is -1.19. The van der Waals surface area contributed by atoms with Crippen molar-refractivity contribution >= 4 is 17.3 Å². The monoisotopic (exact) mass is 270 g/mol. The molecule has 0 saturated heterocycles. The molecule has 20 heavy (non-hydrogen) atoms. The van der Waals surface area contributed by atoms with Gasteiger partial charge in [0.1, 0.15) is 5.75 Å². The molecule has 0 spiro atoms. The van der Waals surface area contributed by atoms with E-state index < -0.39 is 5.97 Å². The number of carboxylic acid groups (broad SMARTS) is 1. The fourth-order valence-electron chi connectivity index (χ4n) is 1.88. The maximum absolute atomic E-state index is 11.3. The average molecular weight is 270 g/mol. The Morgan fingerprint density at radius 3 is 2.45 bits per heavy atom. The van der Waals surface area contributed by atoms with Gasteiger partial charge in [-0.2, -0.15) is 0 Å². The van der Waals surface area contributed by atoms with Gasteiger partial charge < -0.3 is 15.9 Å². The van der Waals surface area contributed by atoms with Crippen LogP contribution in [0.25, 0.3) is 21.6 Å². The molecule has 0 unspecified atom stereocenters. The number of hydrogen-bond acceptors (Lipinski definition) is 4. The van der Waals surface area contributed by atoms with E-state index in [1.807, 2.05) is 0 Å². The molecule has 4 N–H and O–H groups in total. The van der Waals surface area contributed by atoms with Crippen LogP contribution >= 0.6 is 0 Å². The first-order valence-corrected chi connectivity index (χ1v) is 5.54. The van der Waals surface area contributed by atoms with Gasteiger partial charge in [-0.25, -0.2) is 4.79 Å². The molecule has 0 radical (unpaired) electrons. The zero-order valence-corrected chi connectivity index (χ0v) is 10.2. The summed E-state index contributed by atoms with van der Waals surface area (Å²) < 4.78 is 0. The van der Waals surface area contributed by atoms with Crippen LogP contribution in [0.2, 0.25) is 0 Å². The highest BCUT2D eigenvalue weighted by Crippen LogP contribution is 2.34. The minimum Gasteiger partial charge on any atom is -0.508 e. The topological polar surface area (TPSA) is 132 Å². The van der Waals surface area contributed by atoms with Crippen molar-refractivity contribution in [1.82, 2.24) is 0 Å². The molecule has 0 bridgehead atoms. The Morgan fingerprint density at radius 2 is 1.90 bits per heavy atom. The number of hydrogen-bond donors (Lipinski definition) is 3. The highest BCUT2D eigenvalue weighted by Gasteiger charge is 2.16. The Labute approximate surface area is 113 Å². The Kier molecular flexibility index (Phi) is 3.45. The number of aromatic hydroxyl groups is 1. The van der Waals surface area contributed by atoms with Gasteiger partial charge in [-0.1, -0.05) is 17.2 Å². The lowest BCUT2D eigenvalue weighted by Crippen LogP contribution is -2.02. The predicted octanol–water partition coefficient (Wildman–Crippen LogP) is 3.28. The average Bonchev–Trinajstić information content (AvgIpc) is 2.40. The van der Waals surface area contributed by atoms with Gasteiger partial charge in [0.2, 0.25) is 0 Å². The molecule has 0 aliphatic carbocycles. The normalized spacial score (nSPS) is 9.80. The number of rotatable bonds is 3. The lowest BCUT2D eigenvalue weighted by molar-refractivity contribution is 0.0698. The van der Waals surface area contributed by atoms with Crippen molar-refractivity contribution in [1.29, 1.82) is 0 Å². The van der Waals surface area contributed by atoms with E-state index in [2.05, 4.69) is 10.0 Å². The first-order chi connectivity index (χ1) is 9.52. The van der Waals surface area contributed by atoms with Gasteiger partial charge in [-0.05, 0) is 35.4 Å². The predicted molar refractivity (Wildman–Crippen MR) is 73.7 cm³/mol. The number of benzene rings is 2. The molecule has 2 aromatic rings. The molecular weight excluding hydrogens is 260 g/mol. The second kappa shape index (κ2) is 5.21. The quantitative estimate of drug-likeness (QED) is 0.341. The summed E-state index contributed by atoms with van der Waals surface area (Å²) in [7, 11) is 0. The fraction of sp³-hybridized carbons (Fsp3) is 0. The summed E-state index contributed by atoms with van der Waals surface area (Å²) >= 11 is 0. The maximum Gasteiger partial charge on any atom is 0.336 e. The van der Waals surface area contributed by atoms with Crippen LogP contribution < -0.4 is 5.73 Å². The molecule has 2 aromatic carbocycles. The van der Waals surface area contributed by atoms with Crippen molar-refractivity contribution in [2.24, 2.45) is 5.11 Å². The molecule has 0 atom stereocenters. The summed E-state index contributed by atoms with van der Waals surface area (Å²) in [5.74, 6) is -1.12. The summed E-state index contributed by atoms with van der Waals surface area (Å²) in [6, 6.07) is 8.62. The third kappa shape index (κ3) is 2.47. The van der Waals surface area contributed by atoms with Gasteiger partial charge >= 0.3 is 5.97 Å². The molecule has 0 amide bonds. The van der Waals surface area contributed by atoms with Crippen LogP contribution in [0.4, 0.5) is 11.4 Å². The van der Waals surface area contributed by atoms with Crippen molar-refractivity contribution in [3.8, 4) is 16.9 Å². The van der Waals surface area contributed by atoms with Crippen molar-refractivity contribution in [3.05, 3.63) is 52.4 Å². The van der Waals surface area contributed by atoms with Gasteiger partial charge in [-0.3, -0.25) is 0 Å². The van der Waals surface area contributed by atoms with Crippen molar-refractivity contribution in [2.45, 2.75) is 0 Å². The van der Waals surface area contributed by atoms with Gasteiger partial charge in [0.15, 0.2) is 0 Å². The van der Waals surface area contributed by atoms with E-state index in [9.17, 15) is 15.0 Å². The van der Waals surface area contributed by atoms with E-state index in [1.165, 1.54) is 24.3 Å². The smallest absolute Gasteiger partial charge is 0.336 e. The fourth-order valence-corrected chi connectivity index (χ4v) is 1.88. The van der Waals surface area contributed by atoms with E-state index >= 15 is 0 Å². The van der Waals surface area contributed by atoms with Gasteiger partial charge in [0, 0.05) is 21.8 Å². The molecule has 0 aliphatic rings. The zero-order chi connectivity index (χ0) is 14.7. The van der Waals surface area contributed by atoms with E-state index in [-0.39, 0.29) is 22.7 Å². The Bertz CT molecular complexity index is 719. The number of azide groups is 1. The van der Waals surface area contributed by atoms with E-state index in [1.54, 1.807) is 12.1 Å². The first-order valence-electron chi connectivity index (χ1n) is 5.54. The third-order valence-electron chi connectivity index (χ3n) is 2.70. The number of phenols is 1. The van der Waals surface area contributed by atoms with E-state index in [0.717, 1.165) is 0 Å². The van der Waals surface area contributed by atoms with Crippen LogP contribution in [0.1, 0.15) is 10.4 Å². The summed E-state index contributed by atoms with van der Waals surface area (Å²) in [6.07, 6.45) is 0. The standard InChI is InChI=1S/C13H10N4O3/c14-11-6-8(16-17-15)5-10(13(19)20)12(11)7-1-3-9(18)4-2-7/h1-6,18H,14H2,(H,19,20). The molecule has 0 heterocycles. The number of carbonyl (C=O) groups is 1. The SMILES string of the molecule is [N-]=[N+]=Nc1cc(N)c(-c2ccc(O)cc2)c(C(=O)O)c1. The zero-order valence-electron chi connectivity index (χ0n) is 10.2. The van der Waals surface area contributed by atoms with Crippen LogP contribution in [0.5, 0.6) is 5.75 Å². The number of anilines is 1. The molecule has 0 saturated carbocycles. The Hall–Kier alpha value is -3.18. The lowest BCUT2D eigenvalue weighted by Gasteiger charge is -2.11. The Morgan fingerprint density at radius 1 is 1.25 bits per heavy atom. The molecule has 7 heteroatoms. The number of carboxylic acids is 1. The minimum absolute atomic E-state index is 0.0647. The summed E-state index contributed by atoms with van der Waals surface area (Å²) in [5.41, 5.74) is 15.3. The molecule has 0 aromatic heterocycles. The summed E-state index contributed by atoms with van der Waals surface area (Å²) in [5, 5.41) is 21.9. The molecular formula is C13H10N4O3. The maximum atomic E-state index is 11.3. The molecule has 2 rings (SSSR count). The lowest BCUT2D eigenvalue weighted by atomic mass is 9.97.